The molecule has 6 nitrogen and oxygen atoms in total. The molecule has 26 heavy (non-hydrogen) atoms. The summed E-state index contributed by atoms with van der Waals surface area (Å²) in [5, 5.41) is 15.3. The molecular formula is C18H21Cl2N3O3. The van der Waals surface area contributed by atoms with Gasteiger partial charge in [0.05, 0.1) is 5.66 Å². The minimum atomic E-state index is -0.820. The lowest BCUT2D eigenvalue weighted by atomic mass is 9.94. The Morgan fingerprint density at radius 3 is 2.35 bits per heavy atom. The van der Waals surface area contributed by atoms with E-state index in [9.17, 15) is 10.1 Å². The highest BCUT2D eigenvalue weighted by Crippen LogP contribution is 2.42. The Morgan fingerprint density at radius 2 is 1.81 bits per heavy atom. The fourth-order valence-electron chi connectivity index (χ4n) is 2.97. The van der Waals surface area contributed by atoms with E-state index in [0.717, 1.165) is 5.56 Å². The molecule has 0 saturated carbocycles. The van der Waals surface area contributed by atoms with Crippen LogP contribution >= 0.6 is 24.8 Å². The van der Waals surface area contributed by atoms with E-state index < -0.39 is 10.6 Å². The fourth-order valence-corrected chi connectivity index (χ4v) is 2.97. The molecular weight excluding hydrogens is 377 g/mol. The van der Waals surface area contributed by atoms with Crippen LogP contribution in [0.1, 0.15) is 18.9 Å². The summed E-state index contributed by atoms with van der Waals surface area (Å²) in [4.78, 5) is 11.0. The van der Waals surface area contributed by atoms with Gasteiger partial charge in [0.1, 0.15) is 16.1 Å². The van der Waals surface area contributed by atoms with Gasteiger partial charge in [-0.1, -0.05) is 55.5 Å². The van der Waals surface area contributed by atoms with Crippen LogP contribution in [-0.2, 0) is 5.66 Å². The van der Waals surface area contributed by atoms with Crippen molar-refractivity contribution in [3.63, 3.8) is 0 Å². The Labute approximate surface area is 163 Å². The SMILES string of the molecule is CCC(N)(NC)c1cccc2c(-c3ccccc3)c([N+](=O)[O-])oc12.Cl.Cl. The lowest BCUT2D eigenvalue weighted by molar-refractivity contribution is -0.400. The molecule has 0 aliphatic rings. The number of fused-ring (bicyclic) bond motifs is 1. The maximum atomic E-state index is 11.5. The van der Waals surface area contributed by atoms with Crippen LogP contribution in [0.25, 0.3) is 22.1 Å². The van der Waals surface area contributed by atoms with Gasteiger partial charge in [0, 0.05) is 10.9 Å². The van der Waals surface area contributed by atoms with Crippen molar-refractivity contribution in [3.8, 4) is 11.1 Å². The van der Waals surface area contributed by atoms with Crippen LogP contribution in [0.3, 0.4) is 0 Å². The molecule has 3 N–H and O–H groups in total. The van der Waals surface area contributed by atoms with Gasteiger partial charge >= 0.3 is 5.88 Å². The summed E-state index contributed by atoms with van der Waals surface area (Å²) < 4.78 is 5.68. The quantitative estimate of drug-likeness (QED) is 0.372. The van der Waals surface area contributed by atoms with E-state index in [0.29, 0.717) is 28.5 Å². The molecule has 1 unspecified atom stereocenters. The molecule has 0 spiro atoms. The lowest BCUT2D eigenvalue weighted by Gasteiger charge is -2.28. The third kappa shape index (κ3) is 3.54. The van der Waals surface area contributed by atoms with Gasteiger partial charge in [-0.25, -0.2) is 0 Å². The first-order valence-corrected chi connectivity index (χ1v) is 7.75. The number of hydrogen-bond acceptors (Lipinski definition) is 5. The number of nitrogens with zero attached hydrogens (tertiary/aromatic N) is 1. The first kappa shape index (κ1) is 21.9. The van der Waals surface area contributed by atoms with Crippen molar-refractivity contribution < 1.29 is 9.34 Å². The molecule has 1 atom stereocenters. The van der Waals surface area contributed by atoms with E-state index in [-0.39, 0.29) is 30.7 Å². The molecule has 1 aromatic heterocycles. The summed E-state index contributed by atoms with van der Waals surface area (Å²) in [5.41, 5.74) is 7.97. The Kier molecular flexibility index (Phi) is 7.17. The van der Waals surface area contributed by atoms with Crippen LogP contribution in [0, 0.1) is 10.1 Å². The minimum Gasteiger partial charge on any atom is -0.400 e. The number of nitrogens with two attached hydrogens (primary N) is 1. The van der Waals surface area contributed by atoms with Gasteiger partial charge in [-0.2, -0.15) is 0 Å². The minimum absolute atomic E-state index is 0. The molecule has 0 radical (unpaired) electrons. The summed E-state index contributed by atoms with van der Waals surface area (Å²) in [5.74, 6) is -0.266. The first-order valence-electron chi connectivity index (χ1n) is 7.75. The first-order chi connectivity index (χ1) is 11.5. The second-order valence-electron chi connectivity index (χ2n) is 5.66. The number of halogens is 2. The molecule has 2 aromatic carbocycles. The molecule has 0 amide bonds. The molecule has 8 heteroatoms. The normalized spacial score (nSPS) is 12.7. The Hall–Kier alpha value is -2.12. The zero-order valence-corrected chi connectivity index (χ0v) is 16.0. The van der Waals surface area contributed by atoms with Gasteiger partial charge in [-0.15, -0.1) is 24.8 Å². The summed E-state index contributed by atoms with van der Waals surface area (Å²) in [6.45, 7) is 1.95. The van der Waals surface area contributed by atoms with Crippen molar-refractivity contribution >= 4 is 41.7 Å². The van der Waals surface area contributed by atoms with Crippen LogP contribution in [0.2, 0.25) is 0 Å². The number of hydrogen-bond donors (Lipinski definition) is 2. The molecule has 0 fully saturated rings. The number of nitrogens with one attached hydrogen (secondary N) is 1. The van der Waals surface area contributed by atoms with E-state index in [1.54, 1.807) is 7.05 Å². The molecule has 0 aliphatic carbocycles. The molecule has 0 aliphatic heterocycles. The predicted octanol–water partition coefficient (Wildman–Crippen LogP) is 4.59. The van der Waals surface area contributed by atoms with E-state index in [4.69, 9.17) is 10.2 Å². The van der Waals surface area contributed by atoms with Crippen LogP contribution < -0.4 is 11.1 Å². The second-order valence-corrected chi connectivity index (χ2v) is 5.66. The largest absolute Gasteiger partial charge is 0.442 e. The van der Waals surface area contributed by atoms with Crippen LogP contribution in [0.5, 0.6) is 0 Å². The summed E-state index contributed by atoms with van der Waals surface area (Å²) in [6.07, 6.45) is 0.609. The van der Waals surface area contributed by atoms with Gasteiger partial charge < -0.3 is 10.2 Å². The van der Waals surface area contributed by atoms with Crippen molar-refractivity contribution in [1.29, 1.82) is 0 Å². The Morgan fingerprint density at radius 1 is 1.15 bits per heavy atom. The van der Waals surface area contributed by atoms with Crippen LogP contribution in [0.4, 0.5) is 5.88 Å². The Balaban J connectivity index is 0.00000169. The number of rotatable bonds is 5. The molecule has 1 heterocycles. The van der Waals surface area contributed by atoms with E-state index >= 15 is 0 Å². The molecule has 3 aromatic rings. The average molecular weight is 398 g/mol. The highest BCUT2D eigenvalue weighted by molar-refractivity contribution is 6.00. The predicted molar refractivity (Wildman–Crippen MR) is 108 cm³/mol. The molecule has 140 valence electrons. The summed E-state index contributed by atoms with van der Waals surface area (Å²) in [7, 11) is 1.76. The number of para-hydroxylation sites is 1. The maximum absolute atomic E-state index is 11.5. The highest BCUT2D eigenvalue weighted by atomic mass is 35.5. The van der Waals surface area contributed by atoms with Crippen molar-refractivity contribution in [2.45, 2.75) is 19.0 Å². The van der Waals surface area contributed by atoms with Gasteiger partial charge in [0.2, 0.25) is 0 Å². The third-order valence-corrected chi connectivity index (χ3v) is 4.41. The van der Waals surface area contributed by atoms with Crippen LogP contribution in [-0.4, -0.2) is 12.0 Å². The lowest BCUT2D eigenvalue weighted by Crippen LogP contribution is -2.48. The smallest absolute Gasteiger partial charge is 0.400 e. The average Bonchev–Trinajstić information content (AvgIpc) is 3.01. The van der Waals surface area contributed by atoms with Crippen molar-refractivity contribution in [2.75, 3.05) is 7.05 Å². The van der Waals surface area contributed by atoms with Gasteiger partial charge in [-0.05, 0) is 19.0 Å². The van der Waals surface area contributed by atoms with Crippen molar-refractivity contribution in [3.05, 3.63) is 64.2 Å². The maximum Gasteiger partial charge on any atom is 0.442 e. The summed E-state index contributed by atoms with van der Waals surface area (Å²) >= 11 is 0. The zero-order valence-electron chi connectivity index (χ0n) is 14.4. The molecule has 0 saturated heterocycles. The van der Waals surface area contributed by atoms with E-state index in [2.05, 4.69) is 5.32 Å². The fraction of sp³-hybridized carbons (Fsp3) is 0.222. The van der Waals surface area contributed by atoms with Crippen LogP contribution in [0.15, 0.2) is 52.9 Å². The monoisotopic (exact) mass is 397 g/mol. The van der Waals surface area contributed by atoms with Gasteiger partial charge in [0.25, 0.3) is 0 Å². The number of furan rings is 1. The van der Waals surface area contributed by atoms with Gasteiger partial charge in [0.15, 0.2) is 0 Å². The third-order valence-electron chi connectivity index (χ3n) is 4.41. The standard InChI is InChI=1S/C18H19N3O3.2ClH/c1-3-18(19,20-2)14-11-7-10-13-15(12-8-5-4-6-9-12)17(21(22)23)24-16(13)14;;/h4-11,20H,3,19H2,1-2H3;2*1H. The highest BCUT2D eigenvalue weighted by Gasteiger charge is 2.32. The summed E-state index contributed by atoms with van der Waals surface area (Å²) in [6, 6.07) is 14.7. The molecule has 3 rings (SSSR count). The number of nitro groups is 1. The zero-order chi connectivity index (χ0) is 17.3. The van der Waals surface area contributed by atoms with Crippen molar-refractivity contribution in [1.82, 2.24) is 5.32 Å². The van der Waals surface area contributed by atoms with E-state index in [1.807, 2.05) is 55.5 Å². The topological polar surface area (TPSA) is 94.3 Å². The van der Waals surface area contributed by atoms with Gasteiger partial charge in [-0.3, -0.25) is 15.4 Å². The number of benzene rings is 2. The van der Waals surface area contributed by atoms with Crippen molar-refractivity contribution in [2.24, 2.45) is 5.73 Å². The second kappa shape index (κ2) is 8.51. The molecule has 0 bridgehead atoms. The Bertz CT molecular complexity index is 893. The van der Waals surface area contributed by atoms with E-state index in [1.165, 1.54) is 0 Å².